The molecule has 2 saturated heterocycles. The predicted molar refractivity (Wildman–Crippen MR) is 117 cm³/mol. The van der Waals surface area contributed by atoms with Crippen LogP contribution in [0.25, 0.3) is 0 Å². The normalized spacial score (nSPS) is 18.4. The Labute approximate surface area is 168 Å². The first kappa shape index (κ1) is 20.1. The molecule has 0 atom stereocenters. The van der Waals surface area contributed by atoms with E-state index in [9.17, 15) is 4.79 Å². The van der Waals surface area contributed by atoms with Gasteiger partial charge in [0.1, 0.15) is 0 Å². The highest BCUT2D eigenvalue weighted by Gasteiger charge is 2.23. The molecule has 2 N–H and O–H groups in total. The molecular weight excluding hydrogens is 356 g/mol. The summed E-state index contributed by atoms with van der Waals surface area (Å²) in [5, 5.41) is 7.22. The number of hydrogen-bond acceptors (Lipinski definition) is 3. The number of carbonyl (C=O) groups is 1. The smallest absolute Gasteiger partial charge is 0.227 e. The zero-order chi connectivity index (χ0) is 19.1. The Morgan fingerprint density at radius 2 is 1.89 bits per heavy atom. The van der Waals surface area contributed by atoms with Gasteiger partial charge in [0, 0.05) is 30.9 Å². The summed E-state index contributed by atoms with van der Waals surface area (Å²) in [7, 11) is 0. The molecule has 0 saturated carbocycles. The number of anilines is 2. The molecule has 1 aromatic rings. The second kappa shape index (κ2) is 10.0. The molecule has 0 spiro atoms. The van der Waals surface area contributed by atoms with Crippen LogP contribution in [0.4, 0.5) is 11.4 Å². The number of carbonyl (C=O) groups excluding carboxylic acids is 1. The van der Waals surface area contributed by atoms with Crippen molar-refractivity contribution >= 4 is 34.6 Å². The van der Waals surface area contributed by atoms with Crippen molar-refractivity contribution in [1.29, 1.82) is 0 Å². The molecule has 1 amide bonds. The molecule has 148 valence electrons. The number of nitrogens with zero attached hydrogens (tertiary/aromatic N) is 2. The van der Waals surface area contributed by atoms with E-state index >= 15 is 0 Å². The summed E-state index contributed by atoms with van der Waals surface area (Å²) >= 11 is 5.45. The van der Waals surface area contributed by atoms with Gasteiger partial charge in [0.05, 0.1) is 0 Å². The van der Waals surface area contributed by atoms with Crippen molar-refractivity contribution in [2.45, 2.75) is 51.9 Å². The van der Waals surface area contributed by atoms with Crippen molar-refractivity contribution in [2.75, 3.05) is 42.9 Å². The van der Waals surface area contributed by atoms with Gasteiger partial charge in [0.15, 0.2) is 5.11 Å². The summed E-state index contributed by atoms with van der Waals surface area (Å²) < 4.78 is 0. The van der Waals surface area contributed by atoms with Gasteiger partial charge in [-0.1, -0.05) is 18.9 Å². The number of amides is 1. The van der Waals surface area contributed by atoms with Crippen molar-refractivity contribution < 1.29 is 4.79 Å². The maximum absolute atomic E-state index is 12.1. The van der Waals surface area contributed by atoms with E-state index < -0.39 is 0 Å². The van der Waals surface area contributed by atoms with E-state index in [0.717, 1.165) is 49.4 Å². The van der Waals surface area contributed by atoms with Crippen molar-refractivity contribution in [3.05, 3.63) is 23.8 Å². The van der Waals surface area contributed by atoms with E-state index in [1.165, 1.54) is 38.8 Å². The van der Waals surface area contributed by atoms with E-state index in [1.807, 2.05) is 30.0 Å². The average molecular weight is 389 g/mol. The molecule has 2 aliphatic rings. The van der Waals surface area contributed by atoms with Crippen LogP contribution in [0.1, 0.15) is 50.5 Å². The van der Waals surface area contributed by atoms with Gasteiger partial charge in [-0.25, -0.2) is 0 Å². The Kier molecular flexibility index (Phi) is 7.47. The van der Waals surface area contributed by atoms with Gasteiger partial charge >= 0.3 is 0 Å². The second-order valence-corrected chi connectivity index (χ2v) is 8.05. The summed E-state index contributed by atoms with van der Waals surface area (Å²) in [5.74, 6) is 0.212. The van der Waals surface area contributed by atoms with Crippen LogP contribution in [-0.2, 0) is 4.79 Å². The first-order valence-electron chi connectivity index (χ1n) is 10.3. The molecule has 2 heterocycles. The Morgan fingerprint density at radius 3 is 2.59 bits per heavy atom. The zero-order valence-corrected chi connectivity index (χ0v) is 17.2. The topological polar surface area (TPSA) is 47.6 Å². The third-order valence-electron chi connectivity index (χ3n) is 5.47. The van der Waals surface area contributed by atoms with Crippen molar-refractivity contribution in [3.8, 4) is 0 Å². The van der Waals surface area contributed by atoms with Crippen LogP contribution in [0.15, 0.2) is 18.2 Å². The minimum absolute atomic E-state index is 0.212. The quantitative estimate of drug-likeness (QED) is 0.575. The fourth-order valence-electron chi connectivity index (χ4n) is 3.92. The van der Waals surface area contributed by atoms with E-state index in [2.05, 4.69) is 15.5 Å². The van der Waals surface area contributed by atoms with Gasteiger partial charge < -0.3 is 20.4 Å². The highest BCUT2D eigenvalue weighted by atomic mass is 32.1. The second-order valence-electron chi connectivity index (χ2n) is 7.64. The Bertz CT molecular complexity index is 656. The van der Waals surface area contributed by atoms with E-state index in [0.29, 0.717) is 11.5 Å². The molecule has 5 nitrogen and oxygen atoms in total. The SMILES string of the molecule is Cc1ccc(NC(=S)NCCCN2CCCCCC2)cc1N1CCCC1=O. The third-order valence-corrected chi connectivity index (χ3v) is 5.71. The third kappa shape index (κ3) is 5.91. The van der Waals surface area contributed by atoms with Crippen LogP contribution < -0.4 is 15.5 Å². The molecule has 0 bridgehead atoms. The van der Waals surface area contributed by atoms with E-state index in [4.69, 9.17) is 12.2 Å². The lowest BCUT2D eigenvalue weighted by Crippen LogP contribution is -2.33. The molecule has 2 fully saturated rings. The number of benzene rings is 1. The molecule has 0 unspecified atom stereocenters. The molecule has 0 aromatic heterocycles. The van der Waals surface area contributed by atoms with E-state index in [-0.39, 0.29) is 5.91 Å². The summed E-state index contributed by atoms with van der Waals surface area (Å²) in [4.78, 5) is 16.5. The Balaban J connectivity index is 1.44. The highest BCUT2D eigenvalue weighted by molar-refractivity contribution is 7.80. The molecule has 6 heteroatoms. The average Bonchev–Trinajstić information content (AvgIpc) is 2.91. The number of hydrogen-bond donors (Lipinski definition) is 2. The van der Waals surface area contributed by atoms with Crippen LogP contribution in [0.5, 0.6) is 0 Å². The lowest BCUT2D eigenvalue weighted by atomic mass is 10.1. The maximum atomic E-state index is 12.1. The minimum atomic E-state index is 0.212. The van der Waals surface area contributed by atoms with Gasteiger partial charge in [-0.15, -0.1) is 0 Å². The first-order valence-corrected chi connectivity index (χ1v) is 10.7. The van der Waals surface area contributed by atoms with Crippen LogP contribution in [0, 0.1) is 6.92 Å². The van der Waals surface area contributed by atoms with E-state index in [1.54, 1.807) is 0 Å². The number of nitrogens with one attached hydrogen (secondary N) is 2. The lowest BCUT2D eigenvalue weighted by Gasteiger charge is -2.21. The number of rotatable bonds is 6. The summed E-state index contributed by atoms with van der Waals surface area (Å²) in [6.45, 7) is 7.35. The van der Waals surface area contributed by atoms with Gasteiger partial charge in [-0.2, -0.15) is 0 Å². The molecule has 2 aliphatic heterocycles. The van der Waals surface area contributed by atoms with Crippen molar-refractivity contribution in [1.82, 2.24) is 10.2 Å². The Morgan fingerprint density at radius 1 is 1.11 bits per heavy atom. The largest absolute Gasteiger partial charge is 0.362 e. The fourth-order valence-corrected chi connectivity index (χ4v) is 4.14. The molecule has 1 aromatic carbocycles. The standard InChI is InChI=1S/C21H32N4OS/c1-17-9-10-18(16-19(17)25-15-6-8-20(25)26)23-21(27)22-11-7-14-24-12-4-2-3-5-13-24/h9-10,16H,2-8,11-15H2,1H3,(H2,22,23,27). The molecule has 0 radical (unpaired) electrons. The molecule has 27 heavy (non-hydrogen) atoms. The van der Waals surface area contributed by atoms with Crippen LogP contribution in [0.3, 0.4) is 0 Å². The highest BCUT2D eigenvalue weighted by Crippen LogP contribution is 2.28. The summed E-state index contributed by atoms with van der Waals surface area (Å²) in [5.41, 5.74) is 3.04. The number of likely N-dealkylation sites (tertiary alicyclic amines) is 1. The lowest BCUT2D eigenvalue weighted by molar-refractivity contribution is -0.117. The first-order chi connectivity index (χ1) is 13.1. The van der Waals surface area contributed by atoms with Gasteiger partial charge in [-0.05, 0) is 82.2 Å². The molecule has 3 rings (SSSR count). The van der Waals surface area contributed by atoms with Crippen molar-refractivity contribution in [3.63, 3.8) is 0 Å². The zero-order valence-electron chi connectivity index (χ0n) is 16.4. The molecule has 0 aliphatic carbocycles. The van der Waals surface area contributed by atoms with Crippen molar-refractivity contribution in [2.24, 2.45) is 0 Å². The number of aryl methyl sites for hydroxylation is 1. The van der Waals surface area contributed by atoms with Crippen LogP contribution in [-0.4, -0.2) is 48.6 Å². The number of thiocarbonyl (C=S) groups is 1. The van der Waals surface area contributed by atoms with Gasteiger partial charge in [0.25, 0.3) is 0 Å². The monoisotopic (exact) mass is 388 g/mol. The summed E-state index contributed by atoms with van der Waals surface area (Å²) in [6.07, 6.45) is 8.12. The molecular formula is C21H32N4OS. The van der Waals surface area contributed by atoms with Crippen LogP contribution in [0.2, 0.25) is 0 Å². The fraction of sp³-hybridized carbons (Fsp3) is 0.619. The van der Waals surface area contributed by atoms with Crippen LogP contribution >= 0.6 is 12.2 Å². The summed E-state index contributed by atoms with van der Waals surface area (Å²) in [6, 6.07) is 6.10. The predicted octanol–water partition coefficient (Wildman–Crippen LogP) is 3.67. The minimum Gasteiger partial charge on any atom is -0.362 e. The maximum Gasteiger partial charge on any atom is 0.227 e. The Hall–Kier alpha value is -1.66. The van der Waals surface area contributed by atoms with Gasteiger partial charge in [0.2, 0.25) is 5.91 Å². The van der Waals surface area contributed by atoms with Gasteiger partial charge in [-0.3, -0.25) is 4.79 Å².